The highest BCUT2D eigenvalue weighted by Gasteiger charge is 2.33. The van der Waals surface area contributed by atoms with Gasteiger partial charge in [-0.05, 0) is 50.4 Å². The van der Waals surface area contributed by atoms with Crippen LogP contribution < -0.4 is 5.32 Å². The van der Waals surface area contributed by atoms with Gasteiger partial charge in [0.1, 0.15) is 12.1 Å². The van der Waals surface area contributed by atoms with Gasteiger partial charge < -0.3 is 15.2 Å². The largest absolute Gasteiger partial charge is 0.480 e. The number of aliphatic carboxylic acids is 1. The maximum atomic E-state index is 12.2. The minimum atomic E-state index is -0.958. The lowest BCUT2D eigenvalue weighted by Crippen LogP contribution is -2.48. The smallest absolute Gasteiger partial charge is 0.408 e. The molecule has 1 amide bonds. The molecule has 2 aliphatic rings. The number of carbonyl (C=O) groups excluding carboxylic acids is 1. The molecule has 0 aliphatic heterocycles. The van der Waals surface area contributed by atoms with E-state index < -0.39 is 18.1 Å². The van der Waals surface area contributed by atoms with Crippen LogP contribution in [-0.4, -0.2) is 29.3 Å². The number of carboxylic acid groups (broad SMARTS) is 1. The van der Waals surface area contributed by atoms with Crippen LogP contribution in [0, 0.1) is 11.8 Å². The highest BCUT2D eigenvalue weighted by Crippen LogP contribution is 2.30. The molecule has 5 heteroatoms. The summed E-state index contributed by atoms with van der Waals surface area (Å²) in [5.74, 6) is -0.630. The van der Waals surface area contributed by atoms with Crippen LogP contribution in [0.2, 0.25) is 0 Å². The number of ether oxygens (including phenoxy) is 1. The van der Waals surface area contributed by atoms with E-state index in [4.69, 9.17) is 4.74 Å². The van der Waals surface area contributed by atoms with Gasteiger partial charge in [-0.15, -0.1) is 6.58 Å². The lowest BCUT2D eigenvalue weighted by atomic mass is 9.84. The van der Waals surface area contributed by atoms with Gasteiger partial charge in [0.15, 0.2) is 0 Å². The van der Waals surface area contributed by atoms with Crippen molar-refractivity contribution in [1.29, 1.82) is 0 Å². The van der Waals surface area contributed by atoms with Gasteiger partial charge in [-0.1, -0.05) is 31.8 Å². The van der Waals surface area contributed by atoms with Crippen molar-refractivity contribution in [2.24, 2.45) is 11.8 Å². The molecule has 5 nitrogen and oxygen atoms in total. The van der Waals surface area contributed by atoms with Gasteiger partial charge in [0, 0.05) is 0 Å². The van der Waals surface area contributed by atoms with E-state index in [1.54, 1.807) is 0 Å². The Bertz CT molecular complexity index is 417. The molecule has 0 aromatic carbocycles. The summed E-state index contributed by atoms with van der Waals surface area (Å²) in [4.78, 5) is 23.7. The molecule has 0 spiro atoms. The first kappa shape index (κ1) is 17.8. The average molecular weight is 323 g/mol. The summed E-state index contributed by atoms with van der Waals surface area (Å²) in [6.45, 7) is 3.77. The molecule has 0 aromatic heterocycles. The first-order valence-corrected chi connectivity index (χ1v) is 8.92. The Labute approximate surface area is 138 Å². The van der Waals surface area contributed by atoms with Crippen molar-refractivity contribution >= 4 is 12.1 Å². The average Bonchev–Trinajstić information content (AvgIpc) is 2.55. The van der Waals surface area contributed by atoms with Crippen molar-refractivity contribution in [3.63, 3.8) is 0 Å². The van der Waals surface area contributed by atoms with Gasteiger partial charge in [-0.3, -0.25) is 0 Å². The molecule has 2 saturated carbocycles. The number of rotatable bonds is 6. The number of alkyl carbamates (subject to hydrolysis) is 1. The molecule has 0 saturated heterocycles. The number of amides is 1. The van der Waals surface area contributed by atoms with E-state index in [0.29, 0.717) is 5.92 Å². The van der Waals surface area contributed by atoms with E-state index >= 15 is 0 Å². The maximum absolute atomic E-state index is 12.2. The second-order valence-corrected chi connectivity index (χ2v) is 6.87. The molecule has 0 radical (unpaired) electrons. The molecule has 0 heterocycles. The molecular weight excluding hydrogens is 294 g/mol. The molecule has 2 rings (SSSR count). The van der Waals surface area contributed by atoms with E-state index in [9.17, 15) is 14.7 Å². The van der Waals surface area contributed by atoms with Crippen LogP contribution in [0.3, 0.4) is 0 Å². The van der Waals surface area contributed by atoms with Crippen molar-refractivity contribution in [3.05, 3.63) is 12.7 Å². The van der Waals surface area contributed by atoms with Gasteiger partial charge in [0.25, 0.3) is 0 Å². The standard InChI is InChI=1S/C18H29NO4/c1-2-8-13-9-6-7-12-15(13)23-18(22)19-16(17(20)21)14-10-4-3-5-11-14/h2,13-16H,1,3-12H2,(H,19,22)(H,20,21)/t13?,15?,16-/m0/s1. The topological polar surface area (TPSA) is 75.6 Å². The second kappa shape index (κ2) is 8.94. The molecule has 23 heavy (non-hydrogen) atoms. The minimum Gasteiger partial charge on any atom is -0.480 e. The van der Waals surface area contributed by atoms with Crippen LogP contribution in [0.25, 0.3) is 0 Å². The van der Waals surface area contributed by atoms with Crippen molar-refractivity contribution in [3.8, 4) is 0 Å². The number of hydrogen-bond donors (Lipinski definition) is 2. The fourth-order valence-electron chi connectivity index (χ4n) is 3.96. The Morgan fingerprint density at radius 1 is 1.13 bits per heavy atom. The van der Waals surface area contributed by atoms with Crippen molar-refractivity contribution in [2.45, 2.75) is 76.4 Å². The Kier molecular flexibility index (Phi) is 6.93. The molecule has 2 fully saturated rings. The predicted molar refractivity (Wildman–Crippen MR) is 88.2 cm³/mol. The van der Waals surface area contributed by atoms with Crippen LogP contribution in [-0.2, 0) is 9.53 Å². The normalized spacial score (nSPS) is 27.0. The highest BCUT2D eigenvalue weighted by atomic mass is 16.6. The fraction of sp³-hybridized carbons (Fsp3) is 0.778. The molecule has 2 N–H and O–H groups in total. The third-order valence-corrected chi connectivity index (χ3v) is 5.23. The van der Waals surface area contributed by atoms with Crippen LogP contribution >= 0.6 is 0 Å². The zero-order chi connectivity index (χ0) is 16.7. The van der Waals surface area contributed by atoms with E-state index in [1.165, 1.54) is 0 Å². The Morgan fingerprint density at radius 2 is 1.78 bits per heavy atom. The summed E-state index contributed by atoms with van der Waals surface area (Å²) in [5.41, 5.74) is 0. The Morgan fingerprint density at radius 3 is 2.43 bits per heavy atom. The lowest BCUT2D eigenvalue weighted by molar-refractivity contribution is -0.141. The molecule has 2 aliphatic carbocycles. The highest BCUT2D eigenvalue weighted by molar-refractivity contribution is 5.80. The summed E-state index contributed by atoms with van der Waals surface area (Å²) in [5, 5.41) is 12.0. The summed E-state index contributed by atoms with van der Waals surface area (Å²) in [6, 6.07) is -0.829. The lowest BCUT2D eigenvalue weighted by Gasteiger charge is -2.32. The minimum absolute atomic E-state index is 0.0177. The third-order valence-electron chi connectivity index (χ3n) is 5.23. The van der Waals surface area contributed by atoms with Crippen LogP contribution in [0.15, 0.2) is 12.7 Å². The van der Waals surface area contributed by atoms with E-state index in [1.807, 2.05) is 6.08 Å². The zero-order valence-corrected chi connectivity index (χ0v) is 13.8. The fourth-order valence-corrected chi connectivity index (χ4v) is 3.96. The van der Waals surface area contributed by atoms with E-state index in [0.717, 1.165) is 64.2 Å². The van der Waals surface area contributed by atoms with E-state index in [2.05, 4.69) is 11.9 Å². The summed E-state index contributed by atoms with van der Waals surface area (Å²) >= 11 is 0. The third kappa shape index (κ3) is 5.26. The summed E-state index contributed by atoms with van der Waals surface area (Å²) in [7, 11) is 0. The van der Waals surface area contributed by atoms with Crippen LogP contribution in [0.1, 0.15) is 64.2 Å². The van der Waals surface area contributed by atoms with Gasteiger partial charge in [-0.2, -0.15) is 0 Å². The maximum Gasteiger partial charge on any atom is 0.408 e. The number of carbonyl (C=O) groups is 2. The number of carboxylic acids is 1. The van der Waals surface area contributed by atoms with Crippen molar-refractivity contribution < 1.29 is 19.4 Å². The summed E-state index contributed by atoms with van der Waals surface area (Å²) < 4.78 is 5.57. The Balaban J connectivity index is 1.90. The van der Waals surface area contributed by atoms with Crippen molar-refractivity contribution in [1.82, 2.24) is 5.32 Å². The van der Waals surface area contributed by atoms with Gasteiger partial charge in [0.05, 0.1) is 0 Å². The van der Waals surface area contributed by atoms with Crippen LogP contribution in [0.4, 0.5) is 4.79 Å². The SMILES string of the molecule is C=CCC1CCCCC1OC(=O)N[C@H](C(=O)O)C1CCCCC1. The predicted octanol–water partition coefficient (Wildman–Crippen LogP) is 3.88. The first-order chi connectivity index (χ1) is 11.1. The molecule has 0 aromatic rings. The quantitative estimate of drug-likeness (QED) is 0.727. The van der Waals surface area contributed by atoms with Gasteiger partial charge in [0.2, 0.25) is 0 Å². The number of nitrogens with one attached hydrogen (secondary N) is 1. The van der Waals surface area contributed by atoms with Crippen molar-refractivity contribution in [2.75, 3.05) is 0 Å². The molecular formula is C18H29NO4. The van der Waals surface area contributed by atoms with E-state index in [-0.39, 0.29) is 12.0 Å². The van der Waals surface area contributed by atoms with Gasteiger partial charge in [-0.25, -0.2) is 9.59 Å². The summed E-state index contributed by atoms with van der Waals surface area (Å²) in [6.07, 6.45) is 11.0. The number of allylic oxidation sites excluding steroid dienone is 1. The Hall–Kier alpha value is -1.52. The second-order valence-electron chi connectivity index (χ2n) is 6.87. The molecule has 0 bridgehead atoms. The van der Waals surface area contributed by atoms with Gasteiger partial charge >= 0.3 is 12.1 Å². The molecule has 2 unspecified atom stereocenters. The number of hydrogen-bond acceptors (Lipinski definition) is 3. The first-order valence-electron chi connectivity index (χ1n) is 8.92. The molecule has 3 atom stereocenters. The zero-order valence-electron chi connectivity index (χ0n) is 13.8. The monoisotopic (exact) mass is 323 g/mol. The molecule has 130 valence electrons. The van der Waals surface area contributed by atoms with Crippen LogP contribution in [0.5, 0.6) is 0 Å².